The number of carbonyl (C=O) groups is 2. The molecule has 178 valence electrons. The fraction of sp³-hybridized carbons (Fsp3) is 0.292. The van der Waals surface area contributed by atoms with E-state index in [1.54, 1.807) is 35.2 Å². The zero-order valence-electron chi connectivity index (χ0n) is 18.7. The second-order valence-electron chi connectivity index (χ2n) is 9.43. The van der Waals surface area contributed by atoms with Crippen LogP contribution < -0.4 is 11.1 Å². The summed E-state index contributed by atoms with van der Waals surface area (Å²) < 4.78 is 2.45. The quantitative estimate of drug-likeness (QED) is 0.368. The fourth-order valence-corrected chi connectivity index (χ4v) is 5.85. The summed E-state index contributed by atoms with van der Waals surface area (Å²) >= 11 is 9.56. The van der Waals surface area contributed by atoms with Gasteiger partial charge in [-0.3, -0.25) is 9.59 Å². The van der Waals surface area contributed by atoms with E-state index in [0.717, 1.165) is 17.3 Å². The molecular weight excluding hydrogens is 534 g/mol. The molecule has 35 heavy (non-hydrogen) atoms. The van der Waals surface area contributed by atoms with Crippen molar-refractivity contribution in [1.82, 2.24) is 24.4 Å². The predicted molar refractivity (Wildman–Crippen MR) is 137 cm³/mol. The monoisotopic (exact) mass is 553 g/mol. The van der Waals surface area contributed by atoms with Crippen LogP contribution in [0.25, 0.3) is 21.9 Å². The number of halogens is 2. The number of hydrogen-bond acceptors (Lipinski definition) is 6. The van der Waals surface area contributed by atoms with Crippen LogP contribution in [0.15, 0.2) is 47.3 Å². The van der Waals surface area contributed by atoms with E-state index in [1.165, 1.54) is 6.33 Å². The summed E-state index contributed by atoms with van der Waals surface area (Å²) in [4.78, 5) is 41.6. The molecule has 0 radical (unpaired) electrons. The van der Waals surface area contributed by atoms with Gasteiger partial charge < -0.3 is 20.5 Å². The first-order chi connectivity index (χ1) is 16.7. The minimum atomic E-state index is -0.575. The zero-order chi connectivity index (χ0) is 24.5. The summed E-state index contributed by atoms with van der Waals surface area (Å²) in [5, 5.41) is 4.86. The summed E-state index contributed by atoms with van der Waals surface area (Å²) in [6, 6.07) is 10.2. The minimum Gasteiger partial charge on any atom is -0.383 e. The van der Waals surface area contributed by atoms with Crippen LogP contribution in [0.2, 0.25) is 5.02 Å². The van der Waals surface area contributed by atoms with E-state index < -0.39 is 6.04 Å². The number of nitrogens with zero attached hydrogens (tertiary/aromatic N) is 5. The standard InChI is InChI=1S/C24H21BrClN7O2/c1-24-8-15(23(35)31-18-4-2-3-17(25)30-18)33(16(24)9-24)19(34)10-32-14-6-5-12(26)7-13(14)20-21(27)28-11-29-22(20)32/h2-7,11,15-16H,8-10H2,1H3,(H2,27,28,29)(H,30,31,35)/t15-,16+,24-/m0/s1. The first-order valence-corrected chi connectivity index (χ1v) is 12.3. The Morgan fingerprint density at radius 1 is 1.26 bits per heavy atom. The predicted octanol–water partition coefficient (Wildman–Crippen LogP) is 4.00. The molecule has 1 aliphatic heterocycles. The number of pyridine rings is 1. The Hall–Kier alpha value is -3.24. The van der Waals surface area contributed by atoms with E-state index in [0.29, 0.717) is 38.7 Å². The van der Waals surface area contributed by atoms with Gasteiger partial charge in [0.1, 0.15) is 40.8 Å². The summed E-state index contributed by atoms with van der Waals surface area (Å²) in [5.74, 6) is 0.375. The normalized spacial score (nSPS) is 23.0. The molecule has 1 aliphatic carbocycles. The molecule has 1 saturated heterocycles. The number of likely N-dealkylation sites (tertiary alicyclic amines) is 1. The lowest BCUT2D eigenvalue weighted by Crippen LogP contribution is -2.46. The number of nitrogens with two attached hydrogens (primary N) is 1. The third-order valence-corrected chi connectivity index (χ3v) is 7.79. The third kappa shape index (κ3) is 3.63. The van der Waals surface area contributed by atoms with Gasteiger partial charge in [-0.05, 0) is 64.5 Å². The Labute approximate surface area is 213 Å². The molecule has 4 heterocycles. The van der Waals surface area contributed by atoms with E-state index in [9.17, 15) is 9.59 Å². The van der Waals surface area contributed by atoms with Crippen molar-refractivity contribution in [1.29, 1.82) is 0 Å². The zero-order valence-corrected chi connectivity index (χ0v) is 21.0. The smallest absolute Gasteiger partial charge is 0.248 e. The summed E-state index contributed by atoms with van der Waals surface area (Å²) in [6.07, 6.45) is 2.88. The SMILES string of the molecule is C[C@@]12C[C@@H](C(=O)Nc3cccc(Br)n3)N(C(=O)Cn3c4ccc(Cl)cc4c4c(N)ncnc43)[C@@H]1C2. The molecule has 1 saturated carbocycles. The van der Waals surface area contributed by atoms with Gasteiger partial charge in [0.25, 0.3) is 0 Å². The number of nitrogens with one attached hydrogen (secondary N) is 1. The van der Waals surface area contributed by atoms with E-state index in [1.807, 2.05) is 10.6 Å². The Morgan fingerprint density at radius 2 is 2.09 bits per heavy atom. The maximum Gasteiger partial charge on any atom is 0.248 e. The molecule has 6 rings (SSSR count). The number of nitrogen functional groups attached to an aromatic ring is 1. The summed E-state index contributed by atoms with van der Waals surface area (Å²) in [7, 11) is 0. The van der Waals surface area contributed by atoms with Crippen LogP contribution >= 0.6 is 27.5 Å². The van der Waals surface area contributed by atoms with Crippen LogP contribution in [0.1, 0.15) is 19.8 Å². The van der Waals surface area contributed by atoms with Crippen molar-refractivity contribution >= 4 is 72.9 Å². The Morgan fingerprint density at radius 3 is 2.89 bits per heavy atom. The number of fused-ring (bicyclic) bond motifs is 4. The van der Waals surface area contributed by atoms with Gasteiger partial charge in [-0.25, -0.2) is 15.0 Å². The molecule has 2 amide bonds. The molecule has 2 aliphatic rings. The van der Waals surface area contributed by atoms with Crippen molar-refractivity contribution in [2.45, 2.75) is 38.4 Å². The second-order valence-corrected chi connectivity index (χ2v) is 10.7. The average molecular weight is 555 g/mol. The molecule has 0 unspecified atom stereocenters. The lowest BCUT2D eigenvalue weighted by molar-refractivity contribution is -0.138. The van der Waals surface area contributed by atoms with Gasteiger partial charge in [-0.2, -0.15) is 0 Å². The van der Waals surface area contributed by atoms with Crippen molar-refractivity contribution in [2.75, 3.05) is 11.1 Å². The lowest BCUT2D eigenvalue weighted by Gasteiger charge is -2.27. The fourth-order valence-electron chi connectivity index (χ4n) is 5.34. The van der Waals surface area contributed by atoms with E-state index in [2.05, 4.69) is 43.1 Å². The highest BCUT2D eigenvalue weighted by molar-refractivity contribution is 9.10. The number of carbonyl (C=O) groups excluding carboxylic acids is 2. The van der Waals surface area contributed by atoms with E-state index >= 15 is 0 Å². The van der Waals surface area contributed by atoms with Gasteiger partial charge in [0, 0.05) is 16.5 Å². The molecule has 4 aromatic rings. The number of amides is 2. The highest BCUT2D eigenvalue weighted by Gasteiger charge is 2.64. The molecule has 11 heteroatoms. The Bertz CT molecular complexity index is 1540. The van der Waals surface area contributed by atoms with Crippen LogP contribution in [0.3, 0.4) is 0 Å². The second kappa shape index (κ2) is 7.89. The topological polar surface area (TPSA) is 119 Å². The van der Waals surface area contributed by atoms with E-state index in [-0.39, 0.29) is 29.8 Å². The molecule has 3 atom stereocenters. The third-order valence-electron chi connectivity index (χ3n) is 7.12. The van der Waals surface area contributed by atoms with Crippen LogP contribution in [0.4, 0.5) is 11.6 Å². The molecule has 0 bridgehead atoms. The molecule has 3 N–H and O–H groups in total. The van der Waals surface area contributed by atoms with Crippen molar-refractivity contribution in [3.63, 3.8) is 0 Å². The highest BCUT2D eigenvalue weighted by Crippen LogP contribution is 2.59. The Kier molecular flexibility index (Phi) is 5.01. The lowest BCUT2D eigenvalue weighted by atomic mass is 10.0. The largest absolute Gasteiger partial charge is 0.383 e. The summed E-state index contributed by atoms with van der Waals surface area (Å²) in [6.45, 7) is 2.14. The van der Waals surface area contributed by atoms with Crippen LogP contribution in [-0.4, -0.2) is 48.3 Å². The summed E-state index contributed by atoms with van der Waals surface area (Å²) in [5.41, 5.74) is 7.45. The number of rotatable bonds is 4. The Balaban J connectivity index is 1.34. The number of aromatic nitrogens is 4. The van der Waals surface area contributed by atoms with Gasteiger partial charge in [0.15, 0.2) is 0 Å². The van der Waals surface area contributed by atoms with Gasteiger partial charge in [-0.1, -0.05) is 24.6 Å². The van der Waals surface area contributed by atoms with Crippen LogP contribution in [0, 0.1) is 5.41 Å². The van der Waals surface area contributed by atoms with Gasteiger partial charge in [0.2, 0.25) is 11.8 Å². The molecule has 0 spiro atoms. The number of benzene rings is 1. The highest BCUT2D eigenvalue weighted by atomic mass is 79.9. The average Bonchev–Trinajstić information content (AvgIpc) is 3.22. The number of anilines is 2. The first-order valence-electron chi connectivity index (χ1n) is 11.2. The molecule has 1 aromatic carbocycles. The van der Waals surface area contributed by atoms with Crippen molar-refractivity contribution in [2.24, 2.45) is 5.41 Å². The molecular formula is C24H21BrClN7O2. The van der Waals surface area contributed by atoms with Crippen molar-refractivity contribution < 1.29 is 9.59 Å². The molecule has 2 fully saturated rings. The number of hydrogen-bond donors (Lipinski definition) is 2. The van der Waals surface area contributed by atoms with E-state index in [4.69, 9.17) is 17.3 Å². The first kappa shape index (κ1) is 22.2. The maximum absolute atomic E-state index is 13.8. The minimum absolute atomic E-state index is 0.0174. The van der Waals surface area contributed by atoms with Gasteiger partial charge in [-0.15, -0.1) is 0 Å². The number of piperidine rings is 1. The van der Waals surface area contributed by atoms with Crippen molar-refractivity contribution in [3.8, 4) is 0 Å². The van der Waals surface area contributed by atoms with Crippen LogP contribution in [0.5, 0.6) is 0 Å². The molecule has 9 nitrogen and oxygen atoms in total. The van der Waals surface area contributed by atoms with Crippen molar-refractivity contribution in [3.05, 3.63) is 52.4 Å². The maximum atomic E-state index is 13.8. The van der Waals surface area contributed by atoms with Gasteiger partial charge in [0.05, 0.1) is 10.9 Å². The molecule has 3 aromatic heterocycles. The van der Waals surface area contributed by atoms with Gasteiger partial charge >= 0.3 is 0 Å². The van der Waals surface area contributed by atoms with Crippen LogP contribution in [-0.2, 0) is 16.1 Å².